The molecular weight excluding hydrogens is 254 g/mol. The Labute approximate surface area is 105 Å². The fourth-order valence-electron chi connectivity index (χ4n) is 1.55. The highest BCUT2D eigenvalue weighted by Gasteiger charge is 2.46. The minimum atomic E-state index is -1.44. The minimum Gasteiger partial charge on any atom is -0.290 e. The van der Waals surface area contributed by atoms with E-state index in [0.717, 1.165) is 5.57 Å². The quantitative estimate of drug-likeness (QED) is 0.650. The Morgan fingerprint density at radius 3 is 2.33 bits per heavy atom. The first-order chi connectivity index (χ1) is 6.72. The van der Waals surface area contributed by atoms with E-state index in [1.165, 1.54) is 0 Å². The molecule has 0 aromatic heterocycles. The fraction of sp³-hybridized carbons (Fsp3) is 0.545. The molecule has 0 N–H and O–H groups in total. The Morgan fingerprint density at radius 1 is 1.40 bits per heavy atom. The predicted molar refractivity (Wildman–Crippen MR) is 65.5 cm³/mol. The van der Waals surface area contributed by atoms with Crippen LogP contribution in [-0.2, 0) is 4.79 Å². The van der Waals surface area contributed by atoms with Crippen molar-refractivity contribution in [3.63, 3.8) is 0 Å². The molecule has 0 aromatic rings. The molecule has 0 bridgehead atoms. The molecule has 0 amide bonds. The third-order valence-electron chi connectivity index (χ3n) is 2.92. The largest absolute Gasteiger partial charge is 0.290 e. The van der Waals surface area contributed by atoms with Crippen molar-refractivity contribution in [1.82, 2.24) is 0 Å². The minimum absolute atomic E-state index is 0.0155. The predicted octanol–water partition coefficient (Wildman–Crippen LogP) is 4.23. The van der Waals surface area contributed by atoms with Gasteiger partial charge < -0.3 is 0 Å². The van der Waals surface area contributed by atoms with Gasteiger partial charge in [-0.3, -0.25) is 4.79 Å². The van der Waals surface area contributed by atoms with Gasteiger partial charge in [-0.25, -0.2) is 0 Å². The van der Waals surface area contributed by atoms with Crippen LogP contribution < -0.4 is 0 Å². The van der Waals surface area contributed by atoms with Gasteiger partial charge in [0, 0.05) is 0 Å². The van der Waals surface area contributed by atoms with Crippen molar-refractivity contribution in [2.24, 2.45) is 5.41 Å². The summed E-state index contributed by atoms with van der Waals surface area (Å²) < 4.78 is -1.44. The Morgan fingerprint density at radius 2 is 1.93 bits per heavy atom. The Bertz CT molecular complexity index is 349. The fourth-order valence-corrected chi connectivity index (χ4v) is 2.17. The van der Waals surface area contributed by atoms with Crippen molar-refractivity contribution in [2.75, 3.05) is 0 Å². The highest BCUT2D eigenvalue weighted by molar-refractivity contribution is 6.68. The van der Waals surface area contributed by atoms with E-state index < -0.39 is 9.21 Å². The second-order valence-electron chi connectivity index (χ2n) is 3.91. The highest BCUT2D eigenvalue weighted by Crippen LogP contribution is 2.52. The van der Waals surface area contributed by atoms with E-state index >= 15 is 0 Å². The van der Waals surface area contributed by atoms with Gasteiger partial charge in [-0.05, 0) is 31.9 Å². The Kier molecular flexibility index (Phi) is 3.59. The smallest absolute Gasteiger partial charge is 0.202 e. The molecule has 1 aliphatic carbocycles. The monoisotopic (exact) mass is 266 g/mol. The molecule has 0 aromatic carbocycles. The van der Waals surface area contributed by atoms with Crippen LogP contribution >= 0.6 is 34.8 Å². The Balaban J connectivity index is 3.26. The van der Waals surface area contributed by atoms with E-state index in [0.29, 0.717) is 12.0 Å². The first-order valence-corrected chi connectivity index (χ1v) is 5.87. The number of allylic oxidation sites excluding steroid dienone is 4. The maximum Gasteiger partial charge on any atom is 0.202 e. The van der Waals surface area contributed by atoms with Gasteiger partial charge in [0.25, 0.3) is 0 Å². The molecule has 1 nitrogen and oxygen atoms in total. The Hall–Kier alpha value is 0.0200. The molecule has 84 valence electrons. The maximum atomic E-state index is 11.6. The second kappa shape index (κ2) is 4.12. The van der Waals surface area contributed by atoms with E-state index in [4.69, 9.17) is 34.8 Å². The van der Waals surface area contributed by atoms with E-state index in [9.17, 15) is 4.79 Å². The lowest BCUT2D eigenvalue weighted by molar-refractivity contribution is -0.111. The van der Waals surface area contributed by atoms with E-state index in [2.05, 4.69) is 0 Å². The van der Waals surface area contributed by atoms with Crippen molar-refractivity contribution >= 4 is 40.6 Å². The molecule has 0 spiro atoms. The van der Waals surface area contributed by atoms with Crippen LogP contribution in [0.2, 0.25) is 0 Å². The standard InChI is InChI=1S/C11H13Cl3O/c1-4-8-6-10(3,11(12,13)14)7(2)5-9(8)15/h5-6H,4H2,1-3H3. The SMILES string of the molecule is CCC1=CC(C)(C(Cl)(Cl)Cl)C(C)=CC1=O. The van der Waals surface area contributed by atoms with Crippen molar-refractivity contribution in [1.29, 1.82) is 0 Å². The van der Waals surface area contributed by atoms with Gasteiger partial charge in [0.2, 0.25) is 3.79 Å². The van der Waals surface area contributed by atoms with Crippen LogP contribution in [0.4, 0.5) is 0 Å². The van der Waals surface area contributed by atoms with Gasteiger partial charge >= 0.3 is 0 Å². The molecule has 0 aliphatic heterocycles. The maximum absolute atomic E-state index is 11.6. The van der Waals surface area contributed by atoms with Crippen molar-refractivity contribution in [3.05, 3.63) is 23.3 Å². The van der Waals surface area contributed by atoms with Crippen LogP contribution in [0, 0.1) is 5.41 Å². The lowest BCUT2D eigenvalue weighted by atomic mass is 9.77. The zero-order chi connectivity index (χ0) is 11.9. The summed E-state index contributed by atoms with van der Waals surface area (Å²) in [7, 11) is 0. The summed E-state index contributed by atoms with van der Waals surface area (Å²) in [4.78, 5) is 11.6. The zero-order valence-corrected chi connectivity index (χ0v) is 11.2. The number of rotatable bonds is 1. The molecule has 1 unspecified atom stereocenters. The highest BCUT2D eigenvalue weighted by atomic mass is 35.6. The summed E-state index contributed by atoms with van der Waals surface area (Å²) in [6.45, 7) is 5.55. The third-order valence-corrected chi connectivity index (χ3v) is 4.09. The van der Waals surface area contributed by atoms with Gasteiger partial charge in [0.1, 0.15) is 0 Å². The molecule has 15 heavy (non-hydrogen) atoms. The number of carbonyl (C=O) groups is 1. The second-order valence-corrected chi connectivity index (χ2v) is 6.20. The van der Waals surface area contributed by atoms with Gasteiger partial charge in [0.15, 0.2) is 5.78 Å². The van der Waals surface area contributed by atoms with Gasteiger partial charge in [-0.2, -0.15) is 0 Å². The van der Waals surface area contributed by atoms with Gasteiger partial charge in [0.05, 0.1) is 5.41 Å². The molecule has 1 aliphatic rings. The van der Waals surface area contributed by atoms with Crippen LogP contribution in [0.5, 0.6) is 0 Å². The molecule has 0 radical (unpaired) electrons. The average molecular weight is 268 g/mol. The molecule has 0 saturated carbocycles. The van der Waals surface area contributed by atoms with Crippen LogP contribution in [0.15, 0.2) is 23.3 Å². The van der Waals surface area contributed by atoms with Gasteiger partial charge in [-0.1, -0.05) is 53.4 Å². The summed E-state index contributed by atoms with van der Waals surface area (Å²) in [6, 6.07) is 0. The third kappa shape index (κ3) is 2.25. The summed E-state index contributed by atoms with van der Waals surface area (Å²) >= 11 is 17.9. The van der Waals surface area contributed by atoms with Crippen molar-refractivity contribution < 1.29 is 4.79 Å². The molecule has 1 rings (SSSR count). The summed E-state index contributed by atoms with van der Waals surface area (Å²) in [5, 5.41) is 0. The number of carbonyl (C=O) groups excluding carboxylic acids is 1. The first-order valence-electron chi connectivity index (χ1n) is 4.74. The van der Waals surface area contributed by atoms with E-state index in [1.807, 2.05) is 20.8 Å². The lowest BCUT2D eigenvalue weighted by Crippen LogP contribution is -2.35. The van der Waals surface area contributed by atoms with Crippen LogP contribution in [-0.4, -0.2) is 9.58 Å². The van der Waals surface area contributed by atoms with Crippen molar-refractivity contribution in [3.8, 4) is 0 Å². The number of hydrogen-bond acceptors (Lipinski definition) is 1. The van der Waals surface area contributed by atoms with Crippen LogP contribution in [0.3, 0.4) is 0 Å². The van der Waals surface area contributed by atoms with Crippen LogP contribution in [0.1, 0.15) is 27.2 Å². The summed E-state index contributed by atoms with van der Waals surface area (Å²) in [5.74, 6) is 0.0155. The van der Waals surface area contributed by atoms with Gasteiger partial charge in [-0.15, -0.1) is 0 Å². The lowest BCUT2D eigenvalue weighted by Gasteiger charge is -2.37. The molecule has 0 fully saturated rings. The number of halogens is 3. The summed E-state index contributed by atoms with van der Waals surface area (Å²) in [6.07, 6.45) is 3.98. The van der Waals surface area contributed by atoms with E-state index in [1.54, 1.807) is 12.2 Å². The normalized spacial score (nSPS) is 27.5. The average Bonchev–Trinajstić information content (AvgIpc) is 2.09. The number of hydrogen-bond donors (Lipinski definition) is 0. The summed E-state index contributed by atoms with van der Waals surface area (Å²) in [5.41, 5.74) is 0.788. The zero-order valence-electron chi connectivity index (χ0n) is 8.90. The van der Waals surface area contributed by atoms with E-state index in [-0.39, 0.29) is 5.78 Å². The number of alkyl halides is 3. The first kappa shape index (κ1) is 13.1. The molecule has 0 heterocycles. The molecule has 0 saturated heterocycles. The topological polar surface area (TPSA) is 17.1 Å². The number of ketones is 1. The van der Waals surface area contributed by atoms with Crippen LogP contribution in [0.25, 0.3) is 0 Å². The molecule has 4 heteroatoms. The molecule has 1 atom stereocenters. The molecular formula is C11H13Cl3O. The van der Waals surface area contributed by atoms with Crippen molar-refractivity contribution in [2.45, 2.75) is 31.0 Å².